The second-order valence-electron chi connectivity index (χ2n) is 6.43. The number of nitrogens with one attached hydrogen (secondary N) is 1. The molecule has 1 atom stereocenters. The Morgan fingerprint density at radius 1 is 1.19 bits per heavy atom. The highest BCUT2D eigenvalue weighted by Crippen LogP contribution is 2.45. The standard InChI is InChI=1S/C18H20ClNO/c1-18(2)10-9-12-5-3-4-6-14(12)17(18)20-13-7-8-16(21)15(19)11-13/h3-8,11,17,20-21H,9-10H2,1-2H3. The monoisotopic (exact) mass is 301 g/mol. The van der Waals surface area contributed by atoms with Crippen molar-refractivity contribution >= 4 is 17.3 Å². The van der Waals surface area contributed by atoms with Crippen LogP contribution in [-0.4, -0.2) is 5.11 Å². The first-order valence-electron chi connectivity index (χ1n) is 7.30. The number of rotatable bonds is 2. The minimum Gasteiger partial charge on any atom is -0.506 e. The number of hydrogen-bond donors (Lipinski definition) is 2. The third-order valence-electron chi connectivity index (χ3n) is 4.44. The van der Waals surface area contributed by atoms with Gasteiger partial charge in [0.05, 0.1) is 11.1 Å². The van der Waals surface area contributed by atoms with Crippen molar-refractivity contribution in [2.45, 2.75) is 32.7 Å². The summed E-state index contributed by atoms with van der Waals surface area (Å²) in [6.45, 7) is 4.59. The van der Waals surface area contributed by atoms with E-state index in [1.165, 1.54) is 11.1 Å². The third-order valence-corrected chi connectivity index (χ3v) is 4.75. The van der Waals surface area contributed by atoms with Crippen molar-refractivity contribution < 1.29 is 5.11 Å². The first-order chi connectivity index (χ1) is 9.97. The van der Waals surface area contributed by atoms with E-state index in [-0.39, 0.29) is 17.2 Å². The van der Waals surface area contributed by atoms with Crippen LogP contribution in [0, 0.1) is 5.41 Å². The van der Waals surface area contributed by atoms with Crippen LogP contribution in [0.25, 0.3) is 0 Å². The zero-order chi connectivity index (χ0) is 15.0. The molecule has 2 aromatic rings. The fraction of sp³-hybridized carbons (Fsp3) is 0.333. The zero-order valence-electron chi connectivity index (χ0n) is 12.4. The Morgan fingerprint density at radius 2 is 1.95 bits per heavy atom. The van der Waals surface area contributed by atoms with E-state index in [4.69, 9.17) is 11.6 Å². The largest absolute Gasteiger partial charge is 0.506 e. The number of phenols is 1. The van der Waals surface area contributed by atoms with Crippen molar-refractivity contribution in [1.29, 1.82) is 0 Å². The van der Waals surface area contributed by atoms with E-state index in [0.717, 1.165) is 18.5 Å². The molecular weight excluding hydrogens is 282 g/mol. The predicted molar refractivity (Wildman–Crippen MR) is 88.0 cm³/mol. The Kier molecular flexibility index (Phi) is 3.58. The summed E-state index contributed by atoms with van der Waals surface area (Å²) in [7, 11) is 0. The molecule has 21 heavy (non-hydrogen) atoms. The molecule has 3 rings (SSSR count). The third kappa shape index (κ3) is 2.73. The number of fused-ring (bicyclic) bond motifs is 1. The van der Waals surface area contributed by atoms with Gasteiger partial charge in [0.15, 0.2) is 0 Å². The number of anilines is 1. The van der Waals surface area contributed by atoms with Gasteiger partial charge in [-0.2, -0.15) is 0 Å². The molecular formula is C18H20ClNO. The minimum atomic E-state index is 0.116. The maximum absolute atomic E-state index is 9.55. The fourth-order valence-corrected chi connectivity index (χ4v) is 3.28. The van der Waals surface area contributed by atoms with E-state index in [0.29, 0.717) is 5.02 Å². The molecule has 1 aliphatic carbocycles. The first kappa shape index (κ1) is 14.3. The molecule has 0 saturated carbocycles. The van der Waals surface area contributed by atoms with E-state index in [1.807, 2.05) is 6.07 Å². The highest BCUT2D eigenvalue weighted by molar-refractivity contribution is 6.32. The maximum atomic E-state index is 9.55. The van der Waals surface area contributed by atoms with Crippen molar-refractivity contribution in [2.24, 2.45) is 5.41 Å². The van der Waals surface area contributed by atoms with Crippen molar-refractivity contribution in [1.82, 2.24) is 0 Å². The lowest BCUT2D eigenvalue weighted by Gasteiger charge is -2.41. The summed E-state index contributed by atoms with van der Waals surface area (Å²) < 4.78 is 0. The molecule has 2 aromatic carbocycles. The molecule has 3 heteroatoms. The van der Waals surface area contributed by atoms with Gasteiger partial charge in [-0.15, -0.1) is 0 Å². The first-order valence-corrected chi connectivity index (χ1v) is 7.68. The van der Waals surface area contributed by atoms with Gasteiger partial charge in [-0.3, -0.25) is 0 Å². The fourth-order valence-electron chi connectivity index (χ4n) is 3.10. The molecule has 0 amide bonds. The molecule has 1 unspecified atom stereocenters. The molecule has 0 radical (unpaired) electrons. The molecule has 2 nitrogen and oxygen atoms in total. The van der Waals surface area contributed by atoms with Crippen LogP contribution in [0.4, 0.5) is 5.69 Å². The Bertz CT molecular complexity index is 666. The molecule has 2 N–H and O–H groups in total. The normalized spacial score (nSPS) is 19.9. The second kappa shape index (κ2) is 5.27. The highest BCUT2D eigenvalue weighted by atomic mass is 35.5. The van der Waals surface area contributed by atoms with Gasteiger partial charge in [0.2, 0.25) is 0 Å². The van der Waals surface area contributed by atoms with Crippen LogP contribution in [-0.2, 0) is 6.42 Å². The lowest BCUT2D eigenvalue weighted by molar-refractivity contribution is 0.265. The van der Waals surface area contributed by atoms with Gasteiger partial charge < -0.3 is 10.4 Å². The molecule has 0 spiro atoms. The molecule has 0 aromatic heterocycles. The Balaban J connectivity index is 1.97. The van der Waals surface area contributed by atoms with Gasteiger partial charge in [-0.25, -0.2) is 0 Å². The van der Waals surface area contributed by atoms with Gasteiger partial charge >= 0.3 is 0 Å². The summed E-state index contributed by atoms with van der Waals surface area (Å²) in [6.07, 6.45) is 2.27. The van der Waals surface area contributed by atoms with Crippen molar-refractivity contribution in [3.8, 4) is 5.75 Å². The van der Waals surface area contributed by atoms with E-state index in [9.17, 15) is 5.11 Å². The van der Waals surface area contributed by atoms with Gasteiger partial charge in [-0.05, 0) is 47.6 Å². The Hall–Kier alpha value is -1.67. The van der Waals surface area contributed by atoms with Crippen molar-refractivity contribution in [2.75, 3.05) is 5.32 Å². The molecule has 0 fully saturated rings. The van der Waals surface area contributed by atoms with Crippen LogP contribution < -0.4 is 5.32 Å². The average Bonchev–Trinajstić information content (AvgIpc) is 2.46. The maximum Gasteiger partial charge on any atom is 0.134 e. The number of phenolic OH excluding ortho intramolecular Hbond substituents is 1. The van der Waals surface area contributed by atoms with Crippen molar-refractivity contribution in [3.63, 3.8) is 0 Å². The smallest absolute Gasteiger partial charge is 0.134 e. The summed E-state index contributed by atoms with van der Waals surface area (Å²) in [5, 5.41) is 13.5. The number of aryl methyl sites for hydroxylation is 1. The van der Waals surface area contributed by atoms with Gasteiger partial charge in [0, 0.05) is 5.69 Å². The van der Waals surface area contributed by atoms with Crippen molar-refractivity contribution in [3.05, 3.63) is 58.6 Å². The lowest BCUT2D eigenvalue weighted by atomic mass is 9.70. The van der Waals surface area contributed by atoms with E-state index >= 15 is 0 Å². The average molecular weight is 302 g/mol. The predicted octanol–water partition coefficient (Wildman–Crippen LogP) is 5.17. The molecule has 0 heterocycles. The van der Waals surface area contributed by atoms with Crippen LogP contribution in [0.2, 0.25) is 5.02 Å². The second-order valence-corrected chi connectivity index (χ2v) is 6.84. The van der Waals surface area contributed by atoms with Crippen LogP contribution in [0.5, 0.6) is 5.75 Å². The number of aromatic hydroxyl groups is 1. The highest BCUT2D eigenvalue weighted by Gasteiger charge is 2.35. The number of halogens is 1. The summed E-state index contributed by atoms with van der Waals surface area (Å²) in [4.78, 5) is 0. The SMILES string of the molecule is CC1(C)CCc2ccccc2C1Nc1ccc(O)c(Cl)c1. The van der Waals surface area contributed by atoms with Gasteiger partial charge in [0.1, 0.15) is 5.75 Å². The van der Waals surface area contributed by atoms with Gasteiger partial charge in [0.25, 0.3) is 0 Å². The van der Waals surface area contributed by atoms with Gasteiger partial charge in [-0.1, -0.05) is 49.7 Å². The van der Waals surface area contributed by atoms with Crippen LogP contribution in [0.3, 0.4) is 0 Å². The lowest BCUT2D eigenvalue weighted by Crippen LogP contribution is -2.33. The number of hydrogen-bond acceptors (Lipinski definition) is 2. The molecule has 0 bridgehead atoms. The Morgan fingerprint density at radius 3 is 2.71 bits per heavy atom. The zero-order valence-corrected chi connectivity index (χ0v) is 13.1. The summed E-state index contributed by atoms with van der Waals surface area (Å²) >= 11 is 6.01. The van der Waals surface area contributed by atoms with Crippen LogP contribution >= 0.6 is 11.6 Å². The van der Waals surface area contributed by atoms with Crippen LogP contribution in [0.1, 0.15) is 37.4 Å². The van der Waals surface area contributed by atoms with Crippen LogP contribution in [0.15, 0.2) is 42.5 Å². The Labute approximate surface area is 130 Å². The topological polar surface area (TPSA) is 32.3 Å². The van der Waals surface area contributed by atoms with E-state index in [1.54, 1.807) is 12.1 Å². The minimum absolute atomic E-state index is 0.116. The molecule has 0 aliphatic heterocycles. The summed E-state index contributed by atoms with van der Waals surface area (Å²) in [5.74, 6) is 0.116. The number of benzene rings is 2. The molecule has 1 aliphatic rings. The van der Waals surface area contributed by atoms with E-state index in [2.05, 4.69) is 43.4 Å². The molecule has 110 valence electrons. The summed E-state index contributed by atoms with van der Waals surface area (Å²) in [6, 6.07) is 14.1. The quantitative estimate of drug-likeness (QED) is 0.750. The summed E-state index contributed by atoms with van der Waals surface area (Å²) in [5.41, 5.74) is 3.88. The van der Waals surface area contributed by atoms with E-state index < -0.39 is 0 Å². The molecule has 0 saturated heterocycles.